The summed E-state index contributed by atoms with van der Waals surface area (Å²) < 4.78 is 5.42. The zero-order valence-corrected chi connectivity index (χ0v) is 17.4. The van der Waals surface area contributed by atoms with E-state index in [1.165, 1.54) is 4.90 Å². The molecule has 29 heavy (non-hydrogen) atoms. The van der Waals surface area contributed by atoms with Gasteiger partial charge >= 0.3 is 0 Å². The van der Waals surface area contributed by atoms with Gasteiger partial charge in [-0.3, -0.25) is 4.79 Å². The number of carbonyl (C=O) groups excluding carboxylic acids is 1. The van der Waals surface area contributed by atoms with Crippen LogP contribution >= 0.6 is 11.6 Å². The van der Waals surface area contributed by atoms with Crippen LogP contribution < -0.4 is 19.4 Å². The summed E-state index contributed by atoms with van der Waals surface area (Å²) in [6, 6.07) is 17.4. The fourth-order valence-corrected chi connectivity index (χ4v) is 3.82. The molecule has 0 atom stereocenters. The van der Waals surface area contributed by atoms with E-state index in [0.717, 1.165) is 36.9 Å². The Bertz CT molecular complexity index is 875. The summed E-state index contributed by atoms with van der Waals surface area (Å²) in [7, 11) is 1.59. The number of quaternary nitrogens is 1. The van der Waals surface area contributed by atoms with Gasteiger partial charge in [-0.05, 0) is 30.3 Å². The Morgan fingerprint density at radius 3 is 2.69 bits per heavy atom. The van der Waals surface area contributed by atoms with Crippen LogP contribution in [0.2, 0.25) is 5.02 Å². The van der Waals surface area contributed by atoms with Crippen molar-refractivity contribution in [1.29, 1.82) is 5.26 Å². The lowest BCUT2D eigenvalue weighted by molar-refractivity contribution is -0.892. The van der Waals surface area contributed by atoms with Crippen molar-refractivity contribution < 1.29 is 14.4 Å². The predicted molar refractivity (Wildman–Crippen MR) is 115 cm³/mol. The minimum atomic E-state index is 0.0101. The van der Waals surface area contributed by atoms with Gasteiger partial charge < -0.3 is 19.4 Å². The van der Waals surface area contributed by atoms with Crippen LogP contribution in [0.5, 0.6) is 5.75 Å². The molecule has 0 radical (unpaired) electrons. The van der Waals surface area contributed by atoms with E-state index in [1.54, 1.807) is 12.0 Å². The van der Waals surface area contributed by atoms with Crippen molar-refractivity contribution >= 4 is 28.9 Å². The Kier molecular flexibility index (Phi) is 7.34. The zero-order valence-electron chi connectivity index (χ0n) is 16.6. The topological polar surface area (TPSA) is 61.0 Å². The van der Waals surface area contributed by atoms with Gasteiger partial charge in [0.2, 0.25) is 0 Å². The number of nitrogens with zero attached hydrogens (tertiary/aromatic N) is 3. The average molecular weight is 414 g/mol. The summed E-state index contributed by atoms with van der Waals surface area (Å²) in [5.74, 6) is 0.649. The molecule has 1 aliphatic rings. The normalized spacial score (nSPS) is 14.3. The largest absolute Gasteiger partial charge is 0.495 e. The first kappa shape index (κ1) is 21.0. The number of piperazine rings is 1. The molecule has 6 nitrogen and oxygen atoms in total. The van der Waals surface area contributed by atoms with Crippen molar-refractivity contribution in [3.8, 4) is 11.8 Å². The molecule has 2 aromatic carbocycles. The summed E-state index contributed by atoms with van der Waals surface area (Å²) in [5.41, 5.74) is 1.83. The molecule has 0 aliphatic carbocycles. The van der Waals surface area contributed by atoms with Gasteiger partial charge in [0, 0.05) is 17.3 Å². The van der Waals surface area contributed by atoms with Crippen molar-refractivity contribution in [3.05, 3.63) is 53.6 Å². The number of methoxy groups -OCH3 is 1. The Labute approximate surface area is 176 Å². The number of rotatable bonds is 7. The van der Waals surface area contributed by atoms with Gasteiger partial charge in [0.25, 0.3) is 5.91 Å². The number of benzene rings is 2. The highest BCUT2D eigenvalue weighted by Gasteiger charge is 2.26. The van der Waals surface area contributed by atoms with E-state index in [-0.39, 0.29) is 12.3 Å². The highest BCUT2D eigenvalue weighted by Crippen LogP contribution is 2.27. The van der Waals surface area contributed by atoms with E-state index >= 15 is 0 Å². The molecule has 7 heteroatoms. The fourth-order valence-electron chi connectivity index (χ4n) is 3.63. The maximum Gasteiger partial charge on any atom is 0.282 e. The monoisotopic (exact) mass is 413 g/mol. The van der Waals surface area contributed by atoms with Crippen molar-refractivity contribution in [2.45, 2.75) is 6.42 Å². The fraction of sp³-hybridized carbons (Fsp3) is 0.364. The number of hydrogen-bond donors (Lipinski definition) is 1. The number of ether oxygens (including phenoxy) is 1. The molecule has 0 aromatic heterocycles. The number of carbonyl (C=O) groups is 1. The molecule has 1 amide bonds. The lowest BCUT2D eigenvalue weighted by atomic mass is 10.2. The van der Waals surface area contributed by atoms with E-state index < -0.39 is 0 Å². The van der Waals surface area contributed by atoms with Crippen molar-refractivity contribution in [2.75, 3.05) is 56.2 Å². The second kappa shape index (κ2) is 10.1. The number of halogens is 1. The van der Waals surface area contributed by atoms with Gasteiger partial charge in [0.1, 0.15) is 5.75 Å². The maximum absolute atomic E-state index is 13.1. The average Bonchev–Trinajstić information content (AvgIpc) is 2.75. The molecule has 3 rings (SSSR count). The highest BCUT2D eigenvalue weighted by atomic mass is 35.5. The number of nitriles is 1. The van der Waals surface area contributed by atoms with Crippen LogP contribution in [-0.4, -0.2) is 52.3 Å². The number of nitrogens with one attached hydrogen (secondary N) is 1. The minimum Gasteiger partial charge on any atom is -0.495 e. The van der Waals surface area contributed by atoms with E-state index in [0.29, 0.717) is 24.5 Å². The van der Waals surface area contributed by atoms with Gasteiger partial charge in [-0.15, -0.1) is 0 Å². The predicted octanol–water partition coefficient (Wildman–Crippen LogP) is 2.00. The summed E-state index contributed by atoms with van der Waals surface area (Å²) in [6.45, 7) is 4.24. The van der Waals surface area contributed by atoms with Gasteiger partial charge in [-0.2, -0.15) is 5.26 Å². The standard InChI is InChI=1S/C22H25ClN4O2/c1-29-21-9-3-2-8-20(21)27(11-5-10-24)22(28)17-25-12-14-26(15-13-25)19-7-4-6-18(23)16-19/h2-4,6-9,16H,5,11-15,17H2,1H3/p+1. The van der Waals surface area contributed by atoms with Gasteiger partial charge in [-0.25, -0.2) is 0 Å². The van der Waals surface area contributed by atoms with Gasteiger partial charge in [0.15, 0.2) is 6.54 Å². The third-order valence-corrected chi connectivity index (χ3v) is 5.40. The summed E-state index contributed by atoms with van der Waals surface area (Å²) in [6.07, 6.45) is 0.279. The van der Waals surface area contributed by atoms with Gasteiger partial charge in [0.05, 0.1) is 51.5 Å². The van der Waals surface area contributed by atoms with Gasteiger partial charge in [-0.1, -0.05) is 29.8 Å². The third kappa shape index (κ3) is 5.41. The zero-order chi connectivity index (χ0) is 20.6. The second-order valence-electron chi connectivity index (χ2n) is 7.02. The highest BCUT2D eigenvalue weighted by molar-refractivity contribution is 6.30. The minimum absolute atomic E-state index is 0.0101. The van der Waals surface area contributed by atoms with Crippen molar-refractivity contribution in [1.82, 2.24) is 0 Å². The van der Waals surface area contributed by atoms with Crippen LogP contribution in [0, 0.1) is 11.3 Å². The summed E-state index contributed by atoms with van der Waals surface area (Å²) in [5, 5.41) is 9.74. The van der Waals surface area contributed by atoms with Crippen LogP contribution in [0.1, 0.15) is 6.42 Å². The molecule has 0 spiro atoms. The first-order valence-corrected chi connectivity index (χ1v) is 10.1. The van der Waals surface area contributed by atoms with Crippen LogP contribution in [-0.2, 0) is 4.79 Å². The number of anilines is 2. The molecule has 2 aromatic rings. The van der Waals surface area contributed by atoms with Crippen LogP contribution in [0.15, 0.2) is 48.5 Å². The molecule has 1 N–H and O–H groups in total. The number of amides is 1. The third-order valence-electron chi connectivity index (χ3n) is 5.17. The van der Waals surface area contributed by atoms with E-state index in [1.807, 2.05) is 42.5 Å². The molecule has 0 bridgehead atoms. The molecule has 1 saturated heterocycles. The van der Waals surface area contributed by atoms with E-state index in [9.17, 15) is 4.79 Å². The summed E-state index contributed by atoms with van der Waals surface area (Å²) >= 11 is 6.11. The molecule has 0 unspecified atom stereocenters. The molecule has 1 aliphatic heterocycles. The molecule has 1 heterocycles. The quantitative estimate of drug-likeness (QED) is 0.754. The molecule has 1 fully saturated rings. The Morgan fingerprint density at radius 1 is 1.24 bits per heavy atom. The Hall–Kier alpha value is -2.75. The van der Waals surface area contributed by atoms with Crippen molar-refractivity contribution in [3.63, 3.8) is 0 Å². The second-order valence-corrected chi connectivity index (χ2v) is 7.46. The van der Waals surface area contributed by atoms with E-state index in [4.69, 9.17) is 21.6 Å². The first-order chi connectivity index (χ1) is 14.1. The number of hydrogen-bond acceptors (Lipinski definition) is 4. The van der Waals surface area contributed by atoms with Crippen LogP contribution in [0.3, 0.4) is 0 Å². The lowest BCUT2D eigenvalue weighted by Gasteiger charge is -2.34. The van der Waals surface area contributed by atoms with Crippen LogP contribution in [0.25, 0.3) is 0 Å². The Morgan fingerprint density at radius 2 is 2.00 bits per heavy atom. The molecular weight excluding hydrogens is 388 g/mol. The molecule has 0 saturated carbocycles. The SMILES string of the molecule is COc1ccccc1N(CCC#N)C(=O)C[NH+]1CCN(c2cccc(Cl)c2)CC1. The van der Waals surface area contributed by atoms with Crippen molar-refractivity contribution in [2.24, 2.45) is 0 Å². The van der Waals surface area contributed by atoms with Crippen LogP contribution in [0.4, 0.5) is 11.4 Å². The first-order valence-electron chi connectivity index (χ1n) is 9.77. The smallest absolute Gasteiger partial charge is 0.282 e. The van der Waals surface area contributed by atoms with E-state index in [2.05, 4.69) is 17.0 Å². The summed E-state index contributed by atoms with van der Waals surface area (Å²) in [4.78, 5) is 18.3. The molecule has 152 valence electrons. The Balaban J connectivity index is 1.64. The maximum atomic E-state index is 13.1. The lowest BCUT2D eigenvalue weighted by Crippen LogP contribution is -3.16. The number of para-hydroxylation sites is 2. The molecular formula is C22H26ClN4O2+.